The summed E-state index contributed by atoms with van der Waals surface area (Å²) < 4.78 is 5.19. The van der Waals surface area contributed by atoms with Gasteiger partial charge < -0.3 is 15.8 Å². The first-order valence-corrected chi connectivity index (χ1v) is 5.64. The number of methoxy groups -OCH3 is 1. The third-order valence-corrected chi connectivity index (χ3v) is 2.54. The highest BCUT2D eigenvalue weighted by Crippen LogP contribution is 2.25. The Hall–Kier alpha value is -2.63. The lowest BCUT2D eigenvalue weighted by Gasteiger charge is -2.11. The van der Waals surface area contributed by atoms with Crippen molar-refractivity contribution in [3.8, 4) is 5.75 Å². The Morgan fingerprint density at radius 3 is 2.74 bits per heavy atom. The van der Waals surface area contributed by atoms with Crippen LogP contribution in [0, 0.1) is 6.92 Å². The van der Waals surface area contributed by atoms with Crippen molar-refractivity contribution in [2.75, 3.05) is 18.2 Å². The molecule has 1 heterocycles. The van der Waals surface area contributed by atoms with Crippen LogP contribution >= 0.6 is 0 Å². The average molecular weight is 258 g/mol. The summed E-state index contributed by atoms with van der Waals surface area (Å²) >= 11 is 0. The predicted molar refractivity (Wildman–Crippen MR) is 72.1 cm³/mol. The number of carbonyl (C=O) groups is 1. The third-order valence-electron chi connectivity index (χ3n) is 2.54. The van der Waals surface area contributed by atoms with Crippen LogP contribution in [0.15, 0.2) is 30.6 Å². The Morgan fingerprint density at radius 2 is 2.05 bits per heavy atom. The van der Waals surface area contributed by atoms with Crippen molar-refractivity contribution in [2.24, 2.45) is 0 Å². The predicted octanol–water partition coefficient (Wildman–Crippen LogP) is 1.63. The molecule has 0 fully saturated rings. The highest BCUT2D eigenvalue weighted by Gasteiger charge is 2.14. The molecule has 3 N–H and O–H groups in total. The minimum Gasteiger partial charge on any atom is -0.495 e. The number of benzene rings is 1. The Balaban J connectivity index is 2.29. The van der Waals surface area contributed by atoms with E-state index in [0.717, 1.165) is 5.56 Å². The van der Waals surface area contributed by atoms with Gasteiger partial charge in [0.2, 0.25) is 0 Å². The van der Waals surface area contributed by atoms with E-state index < -0.39 is 5.91 Å². The van der Waals surface area contributed by atoms with Crippen molar-refractivity contribution in [3.63, 3.8) is 0 Å². The van der Waals surface area contributed by atoms with Gasteiger partial charge in [-0.15, -0.1) is 0 Å². The molecule has 6 heteroatoms. The van der Waals surface area contributed by atoms with E-state index in [4.69, 9.17) is 10.5 Å². The highest BCUT2D eigenvalue weighted by molar-refractivity contribution is 6.06. The third kappa shape index (κ3) is 2.79. The van der Waals surface area contributed by atoms with E-state index in [1.54, 1.807) is 6.07 Å². The molecule has 98 valence electrons. The van der Waals surface area contributed by atoms with Gasteiger partial charge in [-0.2, -0.15) is 0 Å². The number of carbonyl (C=O) groups excluding carboxylic acids is 1. The van der Waals surface area contributed by atoms with Gasteiger partial charge >= 0.3 is 0 Å². The van der Waals surface area contributed by atoms with Crippen molar-refractivity contribution in [2.45, 2.75) is 6.92 Å². The lowest BCUT2D eigenvalue weighted by Crippen LogP contribution is -2.17. The molecule has 6 nitrogen and oxygen atoms in total. The Morgan fingerprint density at radius 1 is 1.32 bits per heavy atom. The molecule has 2 rings (SSSR count). The first kappa shape index (κ1) is 12.8. The van der Waals surface area contributed by atoms with Gasteiger partial charge in [-0.05, 0) is 24.6 Å². The largest absolute Gasteiger partial charge is 0.495 e. The highest BCUT2D eigenvalue weighted by atomic mass is 16.5. The summed E-state index contributed by atoms with van der Waals surface area (Å²) in [6.07, 6.45) is 2.85. The van der Waals surface area contributed by atoms with Crippen molar-refractivity contribution in [3.05, 3.63) is 41.9 Å². The SMILES string of the molecule is COc1ccc(C)cc1NC(=O)c1nccnc1N. The molecule has 0 atom stereocenters. The smallest absolute Gasteiger partial charge is 0.278 e. The molecule has 2 aromatic rings. The number of aryl methyl sites for hydroxylation is 1. The van der Waals surface area contributed by atoms with E-state index in [9.17, 15) is 4.79 Å². The quantitative estimate of drug-likeness (QED) is 0.873. The first-order chi connectivity index (χ1) is 9.11. The summed E-state index contributed by atoms with van der Waals surface area (Å²) in [7, 11) is 1.54. The minimum absolute atomic E-state index is 0.0889. The molecular formula is C13H14N4O2. The van der Waals surface area contributed by atoms with E-state index in [1.807, 2.05) is 19.1 Å². The zero-order chi connectivity index (χ0) is 13.8. The number of nitrogens with two attached hydrogens (primary N) is 1. The van der Waals surface area contributed by atoms with Crippen LogP contribution in [0.2, 0.25) is 0 Å². The number of hydrogen-bond donors (Lipinski definition) is 2. The van der Waals surface area contributed by atoms with Crippen molar-refractivity contribution < 1.29 is 9.53 Å². The van der Waals surface area contributed by atoms with Crippen LogP contribution in [-0.4, -0.2) is 23.0 Å². The molecule has 0 aliphatic heterocycles. The van der Waals surface area contributed by atoms with E-state index in [-0.39, 0.29) is 11.5 Å². The monoisotopic (exact) mass is 258 g/mol. The molecule has 0 saturated heterocycles. The summed E-state index contributed by atoms with van der Waals surface area (Å²) in [6.45, 7) is 1.92. The molecule has 1 amide bonds. The van der Waals surface area contributed by atoms with Gasteiger partial charge in [-0.3, -0.25) is 4.79 Å². The van der Waals surface area contributed by atoms with E-state index in [0.29, 0.717) is 11.4 Å². The maximum Gasteiger partial charge on any atom is 0.278 e. The average Bonchev–Trinajstić information content (AvgIpc) is 2.39. The van der Waals surface area contributed by atoms with Crippen molar-refractivity contribution in [1.29, 1.82) is 0 Å². The zero-order valence-corrected chi connectivity index (χ0v) is 10.7. The fourth-order valence-corrected chi connectivity index (χ4v) is 1.62. The first-order valence-electron chi connectivity index (χ1n) is 5.64. The maximum absolute atomic E-state index is 12.1. The summed E-state index contributed by atoms with van der Waals surface area (Å²) in [5.74, 6) is 0.238. The van der Waals surface area contributed by atoms with Gasteiger partial charge in [0.25, 0.3) is 5.91 Å². The number of amides is 1. The zero-order valence-electron chi connectivity index (χ0n) is 10.7. The van der Waals surface area contributed by atoms with Crippen LogP contribution in [0.5, 0.6) is 5.75 Å². The van der Waals surface area contributed by atoms with Gasteiger partial charge in [-0.25, -0.2) is 9.97 Å². The number of hydrogen-bond acceptors (Lipinski definition) is 5. The molecule has 0 bridgehead atoms. The summed E-state index contributed by atoms with van der Waals surface area (Å²) in [4.78, 5) is 19.8. The molecule has 0 spiro atoms. The normalized spacial score (nSPS) is 10.0. The van der Waals surface area contributed by atoms with Crippen LogP contribution in [0.4, 0.5) is 11.5 Å². The van der Waals surface area contributed by atoms with Crippen LogP contribution in [0.3, 0.4) is 0 Å². The number of nitrogens with zero attached hydrogens (tertiary/aromatic N) is 2. The molecule has 0 aliphatic rings. The second-order valence-corrected chi connectivity index (χ2v) is 3.95. The van der Waals surface area contributed by atoms with Gasteiger partial charge in [0.15, 0.2) is 11.5 Å². The van der Waals surface area contributed by atoms with Crippen LogP contribution in [-0.2, 0) is 0 Å². The van der Waals surface area contributed by atoms with Gasteiger partial charge in [0.1, 0.15) is 5.75 Å². The number of ether oxygens (including phenoxy) is 1. The standard InChI is InChI=1S/C13H14N4O2/c1-8-3-4-10(19-2)9(7-8)17-13(18)11-12(14)16-6-5-15-11/h3-7H,1-2H3,(H2,14,16)(H,17,18). The fourth-order valence-electron chi connectivity index (χ4n) is 1.62. The Kier molecular flexibility index (Phi) is 3.61. The van der Waals surface area contributed by atoms with Gasteiger partial charge in [0, 0.05) is 12.4 Å². The molecule has 19 heavy (non-hydrogen) atoms. The van der Waals surface area contributed by atoms with E-state index in [2.05, 4.69) is 15.3 Å². The summed E-state index contributed by atoms with van der Waals surface area (Å²) in [5, 5.41) is 2.71. The van der Waals surface area contributed by atoms with E-state index >= 15 is 0 Å². The van der Waals surface area contributed by atoms with Crippen molar-refractivity contribution in [1.82, 2.24) is 9.97 Å². The molecule has 0 radical (unpaired) electrons. The molecule has 0 saturated carbocycles. The number of nitrogen functional groups attached to an aromatic ring is 1. The lowest BCUT2D eigenvalue weighted by molar-refractivity contribution is 0.102. The fraction of sp³-hybridized carbons (Fsp3) is 0.154. The maximum atomic E-state index is 12.1. The Bertz CT molecular complexity index is 613. The van der Waals surface area contributed by atoms with Crippen LogP contribution < -0.4 is 15.8 Å². The molecule has 0 aliphatic carbocycles. The van der Waals surface area contributed by atoms with Crippen LogP contribution in [0.1, 0.15) is 16.1 Å². The number of anilines is 2. The minimum atomic E-state index is -0.422. The Labute approximate surface area is 110 Å². The van der Waals surface area contributed by atoms with Gasteiger partial charge in [0.05, 0.1) is 12.8 Å². The summed E-state index contributed by atoms with van der Waals surface area (Å²) in [6, 6.07) is 5.49. The summed E-state index contributed by atoms with van der Waals surface area (Å²) in [5.41, 5.74) is 7.27. The second-order valence-electron chi connectivity index (χ2n) is 3.95. The van der Waals surface area contributed by atoms with Crippen LogP contribution in [0.25, 0.3) is 0 Å². The van der Waals surface area contributed by atoms with Crippen molar-refractivity contribution >= 4 is 17.4 Å². The molecule has 1 aromatic carbocycles. The lowest BCUT2D eigenvalue weighted by atomic mass is 10.2. The second kappa shape index (κ2) is 5.34. The number of rotatable bonds is 3. The van der Waals surface area contributed by atoms with E-state index in [1.165, 1.54) is 19.5 Å². The molecule has 1 aromatic heterocycles. The number of nitrogens with one attached hydrogen (secondary N) is 1. The molecular weight excluding hydrogens is 244 g/mol. The molecule has 0 unspecified atom stereocenters. The topological polar surface area (TPSA) is 90.1 Å². The van der Waals surface area contributed by atoms with Gasteiger partial charge in [-0.1, -0.05) is 6.07 Å². The number of aromatic nitrogens is 2.